The van der Waals surface area contributed by atoms with Gasteiger partial charge in [0.05, 0.1) is 12.5 Å². The van der Waals surface area contributed by atoms with Crippen molar-refractivity contribution < 1.29 is 14.7 Å². The number of aliphatic hydroxyl groups is 1. The summed E-state index contributed by atoms with van der Waals surface area (Å²) in [5, 5.41) is 9.37. The van der Waals surface area contributed by atoms with E-state index >= 15 is 0 Å². The van der Waals surface area contributed by atoms with Crippen molar-refractivity contribution in [1.82, 2.24) is 9.80 Å². The van der Waals surface area contributed by atoms with E-state index in [0.717, 1.165) is 18.4 Å². The Hall–Kier alpha value is -2.66. The molecule has 1 aliphatic rings. The molecule has 1 unspecified atom stereocenters. The highest BCUT2D eigenvalue weighted by Crippen LogP contribution is 2.21. The number of nitrogens with zero attached hydrogens (tertiary/aromatic N) is 2. The zero-order valence-corrected chi connectivity index (χ0v) is 16.2. The van der Waals surface area contributed by atoms with Crippen LogP contribution >= 0.6 is 0 Å². The summed E-state index contributed by atoms with van der Waals surface area (Å²) >= 11 is 0. The molecule has 2 amide bonds. The summed E-state index contributed by atoms with van der Waals surface area (Å²) in [4.78, 5) is 28.8. The van der Waals surface area contributed by atoms with E-state index in [1.165, 1.54) is 5.56 Å². The van der Waals surface area contributed by atoms with Crippen LogP contribution in [0.15, 0.2) is 60.7 Å². The van der Waals surface area contributed by atoms with Crippen molar-refractivity contribution in [1.29, 1.82) is 0 Å². The summed E-state index contributed by atoms with van der Waals surface area (Å²) in [6.45, 7) is 1.89. The van der Waals surface area contributed by atoms with Gasteiger partial charge in [0.15, 0.2) is 0 Å². The third-order valence-corrected chi connectivity index (χ3v) is 5.27. The van der Waals surface area contributed by atoms with E-state index in [-0.39, 0.29) is 30.8 Å². The maximum Gasteiger partial charge on any atom is 0.228 e. The van der Waals surface area contributed by atoms with Crippen molar-refractivity contribution in [3.8, 4) is 0 Å². The van der Waals surface area contributed by atoms with Crippen LogP contribution < -0.4 is 0 Å². The molecule has 5 heteroatoms. The van der Waals surface area contributed by atoms with E-state index < -0.39 is 0 Å². The molecule has 2 aromatic rings. The normalized spacial score (nSPS) is 16.4. The summed E-state index contributed by atoms with van der Waals surface area (Å²) in [5.41, 5.74) is 2.35. The molecule has 1 N–H and O–H groups in total. The Morgan fingerprint density at radius 3 is 2.18 bits per heavy atom. The Morgan fingerprint density at radius 2 is 1.57 bits per heavy atom. The summed E-state index contributed by atoms with van der Waals surface area (Å²) in [6.07, 6.45) is 1.80. The molecule has 0 bridgehead atoms. The van der Waals surface area contributed by atoms with Crippen LogP contribution in [0.1, 0.15) is 17.5 Å². The number of rotatable bonds is 9. The Kier molecular flexibility index (Phi) is 7.20. The SMILES string of the molecule is O=C1CC(C(=O)N(CCO)CCc2ccccc2)CN1CCc1ccccc1. The van der Waals surface area contributed by atoms with Crippen LogP contribution in [0.2, 0.25) is 0 Å². The highest BCUT2D eigenvalue weighted by Gasteiger charge is 2.36. The number of amides is 2. The lowest BCUT2D eigenvalue weighted by atomic mass is 10.1. The van der Waals surface area contributed by atoms with Crippen molar-refractivity contribution in [2.24, 2.45) is 5.92 Å². The topological polar surface area (TPSA) is 60.9 Å². The van der Waals surface area contributed by atoms with Gasteiger partial charge >= 0.3 is 0 Å². The standard InChI is InChI=1S/C23H28N2O3/c26-16-15-24(13-11-19-7-3-1-4-8-19)23(28)21-17-22(27)25(18-21)14-12-20-9-5-2-6-10-20/h1-10,21,26H,11-18H2. The first-order valence-corrected chi connectivity index (χ1v) is 9.92. The van der Waals surface area contributed by atoms with Gasteiger partial charge in [-0.1, -0.05) is 60.7 Å². The maximum atomic E-state index is 13.0. The molecular weight excluding hydrogens is 352 g/mol. The monoisotopic (exact) mass is 380 g/mol. The Bertz CT molecular complexity index is 764. The molecular formula is C23H28N2O3. The highest BCUT2D eigenvalue weighted by atomic mass is 16.3. The van der Waals surface area contributed by atoms with Gasteiger partial charge in [-0.3, -0.25) is 9.59 Å². The third kappa shape index (κ3) is 5.42. The number of hydrogen-bond acceptors (Lipinski definition) is 3. The number of carbonyl (C=O) groups excluding carboxylic acids is 2. The molecule has 1 aliphatic heterocycles. The number of benzene rings is 2. The molecule has 0 radical (unpaired) electrons. The van der Waals surface area contributed by atoms with Crippen LogP contribution in [0.3, 0.4) is 0 Å². The van der Waals surface area contributed by atoms with E-state index in [1.54, 1.807) is 9.80 Å². The minimum absolute atomic E-state index is 0.0273. The predicted molar refractivity (Wildman–Crippen MR) is 109 cm³/mol. The molecule has 3 rings (SSSR count). The lowest BCUT2D eigenvalue weighted by molar-refractivity contribution is -0.136. The molecule has 0 aromatic heterocycles. The Morgan fingerprint density at radius 1 is 0.964 bits per heavy atom. The van der Waals surface area contributed by atoms with Crippen molar-refractivity contribution in [3.63, 3.8) is 0 Å². The van der Waals surface area contributed by atoms with Gasteiger partial charge in [-0.05, 0) is 24.0 Å². The second kappa shape index (κ2) is 10.0. The molecule has 1 saturated heterocycles. The van der Waals surface area contributed by atoms with Crippen LogP contribution in [0.25, 0.3) is 0 Å². The minimum atomic E-state index is -0.314. The predicted octanol–water partition coefficient (Wildman–Crippen LogP) is 2.14. The summed E-state index contributed by atoms with van der Waals surface area (Å²) < 4.78 is 0. The van der Waals surface area contributed by atoms with E-state index in [2.05, 4.69) is 12.1 Å². The van der Waals surface area contributed by atoms with Crippen LogP contribution in [0.4, 0.5) is 0 Å². The van der Waals surface area contributed by atoms with Crippen LogP contribution in [0.5, 0.6) is 0 Å². The van der Waals surface area contributed by atoms with Crippen molar-refractivity contribution in [2.75, 3.05) is 32.8 Å². The molecule has 0 saturated carbocycles. The van der Waals surface area contributed by atoms with Gasteiger partial charge in [-0.2, -0.15) is 0 Å². The van der Waals surface area contributed by atoms with E-state index in [9.17, 15) is 14.7 Å². The second-order valence-electron chi connectivity index (χ2n) is 7.26. The smallest absolute Gasteiger partial charge is 0.228 e. The number of hydrogen-bond donors (Lipinski definition) is 1. The van der Waals surface area contributed by atoms with Crippen LogP contribution in [-0.4, -0.2) is 59.5 Å². The summed E-state index contributed by atoms with van der Waals surface area (Å²) in [5.74, 6) is -0.299. The van der Waals surface area contributed by atoms with E-state index in [0.29, 0.717) is 26.2 Å². The van der Waals surface area contributed by atoms with Gasteiger partial charge in [0.2, 0.25) is 11.8 Å². The van der Waals surface area contributed by atoms with Gasteiger partial charge in [0, 0.05) is 32.6 Å². The van der Waals surface area contributed by atoms with Gasteiger partial charge < -0.3 is 14.9 Å². The van der Waals surface area contributed by atoms with Gasteiger partial charge in [0.25, 0.3) is 0 Å². The van der Waals surface area contributed by atoms with E-state index in [1.807, 2.05) is 48.5 Å². The third-order valence-electron chi connectivity index (χ3n) is 5.27. The molecule has 0 aliphatic carbocycles. The fraction of sp³-hybridized carbons (Fsp3) is 0.391. The van der Waals surface area contributed by atoms with Crippen molar-refractivity contribution >= 4 is 11.8 Å². The largest absolute Gasteiger partial charge is 0.395 e. The lowest BCUT2D eigenvalue weighted by Gasteiger charge is -2.25. The zero-order valence-electron chi connectivity index (χ0n) is 16.2. The molecule has 0 spiro atoms. The summed E-state index contributed by atoms with van der Waals surface area (Å²) in [6, 6.07) is 20.1. The van der Waals surface area contributed by atoms with Crippen LogP contribution in [0, 0.1) is 5.92 Å². The van der Waals surface area contributed by atoms with Gasteiger partial charge in [-0.15, -0.1) is 0 Å². The maximum absolute atomic E-state index is 13.0. The molecule has 1 fully saturated rings. The molecule has 5 nitrogen and oxygen atoms in total. The van der Waals surface area contributed by atoms with E-state index in [4.69, 9.17) is 0 Å². The number of likely N-dealkylation sites (tertiary alicyclic amines) is 1. The molecule has 28 heavy (non-hydrogen) atoms. The van der Waals surface area contributed by atoms with Crippen LogP contribution in [-0.2, 0) is 22.4 Å². The van der Waals surface area contributed by atoms with Gasteiger partial charge in [0.1, 0.15) is 0 Å². The van der Waals surface area contributed by atoms with Crippen molar-refractivity contribution in [2.45, 2.75) is 19.3 Å². The zero-order chi connectivity index (χ0) is 19.8. The Labute approximate surface area is 166 Å². The molecule has 148 valence electrons. The van der Waals surface area contributed by atoms with Gasteiger partial charge in [-0.25, -0.2) is 0 Å². The fourth-order valence-electron chi connectivity index (χ4n) is 3.68. The number of carbonyl (C=O) groups is 2. The average Bonchev–Trinajstić information content (AvgIpc) is 3.11. The number of aliphatic hydroxyl groups excluding tert-OH is 1. The second-order valence-corrected chi connectivity index (χ2v) is 7.26. The first-order chi connectivity index (χ1) is 13.7. The summed E-state index contributed by atoms with van der Waals surface area (Å²) in [7, 11) is 0. The quantitative estimate of drug-likeness (QED) is 0.725. The molecule has 1 heterocycles. The first-order valence-electron chi connectivity index (χ1n) is 9.92. The minimum Gasteiger partial charge on any atom is -0.395 e. The molecule has 1 atom stereocenters. The lowest BCUT2D eigenvalue weighted by Crippen LogP contribution is -2.40. The Balaban J connectivity index is 1.54. The average molecular weight is 380 g/mol. The molecule has 2 aromatic carbocycles. The fourth-order valence-corrected chi connectivity index (χ4v) is 3.68. The van der Waals surface area contributed by atoms with Crippen molar-refractivity contribution in [3.05, 3.63) is 71.8 Å². The first kappa shape index (κ1) is 20.1. The highest BCUT2D eigenvalue weighted by molar-refractivity contribution is 5.89.